The lowest BCUT2D eigenvalue weighted by Crippen LogP contribution is -2.14. The standard InChI is InChI=1S/C9H15N3O/c1-9(2,3)7-6(5-13)8(10)12(4)11-7/h5H,10H2,1-4H3. The predicted molar refractivity (Wildman–Crippen MR) is 51.7 cm³/mol. The van der Waals surface area contributed by atoms with Crippen molar-refractivity contribution in [1.82, 2.24) is 9.78 Å². The molecular weight excluding hydrogens is 166 g/mol. The van der Waals surface area contributed by atoms with Crippen LogP contribution in [0.15, 0.2) is 0 Å². The van der Waals surface area contributed by atoms with Crippen LogP contribution in [0.5, 0.6) is 0 Å². The number of hydrogen-bond acceptors (Lipinski definition) is 3. The Labute approximate surface area is 77.7 Å². The summed E-state index contributed by atoms with van der Waals surface area (Å²) in [7, 11) is 1.73. The van der Waals surface area contributed by atoms with Gasteiger partial charge in [-0.15, -0.1) is 0 Å². The molecule has 0 saturated carbocycles. The van der Waals surface area contributed by atoms with Gasteiger partial charge in [-0.05, 0) is 0 Å². The largest absolute Gasteiger partial charge is 0.383 e. The van der Waals surface area contributed by atoms with E-state index in [-0.39, 0.29) is 5.41 Å². The first-order valence-corrected chi connectivity index (χ1v) is 4.16. The van der Waals surface area contributed by atoms with E-state index in [0.717, 1.165) is 12.0 Å². The Kier molecular flexibility index (Phi) is 2.15. The van der Waals surface area contributed by atoms with E-state index in [1.807, 2.05) is 20.8 Å². The average molecular weight is 181 g/mol. The van der Waals surface area contributed by atoms with Gasteiger partial charge in [0, 0.05) is 12.5 Å². The number of hydrogen-bond donors (Lipinski definition) is 1. The van der Waals surface area contributed by atoms with Gasteiger partial charge in [-0.3, -0.25) is 9.48 Å². The fourth-order valence-corrected chi connectivity index (χ4v) is 1.22. The van der Waals surface area contributed by atoms with E-state index in [9.17, 15) is 4.79 Å². The number of nitrogen functional groups attached to an aromatic ring is 1. The van der Waals surface area contributed by atoms with Crippen LogP contribution in [0.2, 0.25) is 0 Å². The molecule has 0 fully saturated rings. The van der Waals surface area contributed by atoms with Gasteiger partial charge in [-0.1, -0.05) is 20.8 Å². The predicted octanol–water partition coefficient (Wildman–Crippen LogP) is 1.11. The van der Waals surface area contributed by atoms with Crippen LogP contribution in [0.4, 0.5) is 5.82 Å². The minimum absolute atomic E-state index is 0.147. The number of carbonyl (C=O) groups is 1. The molecule has 0 amide bonds. The van der Waals surface area contributed by atoms with Crippen LogP contribution in [-0.2, 0) is 12.5 Å². The fraction of sp³-hybridized carbons (Fsp3) is 0.556. The lowest BCUT2D eigenvalue weighted by atomic mass is 9.90. The lowest BCUT2D eigenvalue weighted by molar-refractivity contribution is 0.112. The summed E-state index contributed by atoms with van der Waals surface area (Å²) >= 11 is 0. The van der Waals surface area contributed by atoms with Crippen molar-refractivity contribution in [3.05, 3.63) is 11.3 Å². The highest BCUT2D eigenvalue weighted by Crippen LogP contribution is 2.26. The molecule has 0 aliphatic heterocycles. The molecule has 72 valence electrons. The summed E-state index contributed by atoms with van der Waals surface area (Å²) < 4.78 is 1.53. The Bertz CT molecular complexity index is 333. The molecule has 0 unspecified atom stereocenters. The second kappa shape index (κ2) is 2.87. The van der Waals surface area contributed by atoms with E-state index in [1.165, 1.54) is 4.68 Å². The van der Waals surface area contributed by atoms with E-state index < -0.39 is 0 Å². The first-order chi connectivity index (χ1) is 5.88. The van der Waals surface area contributed by atoms with Gasteiger partial charge < -0.3 is 5.73 Å². The molecule has 4 nitrogen and oxygen atoms in total. The maximum Gasteiger partial charge on any atom is 0.155 e. The minimum atomic E-state index is -0.147. The summed E-state index contributed by atoms with van der Waals surface area (Å²) in [4.78, 5) is 10.8. The van der Waals surface area contributed by atoms with Crippen LogP contribution < -0.4 is 5.73 Å². The van der Waals surface area contributed by atoms with E-state index >= 15 is 0 Å². The van der Waals surface area contributed by atoms with Crippen molar-refractivity contribution < 1.29 is 4.79 Å². The lowest BCUT2D eigenvalue weighted by Gasteiger charge is -2.15. The zero-order valence-corrected chi connectivity index (χ0v) is 8.46. The highest BCUT2D eigenvalue weighted by atomic mass is 16.1. The first-order valence-electron chi connectivity index (χ1n) is 4.16. The summed E-state index contributed by atoms with van der Waals surface area (Å²) in [6.07, 6.45) is 0.767. The zero-order valence-electron chi connectivity index (χ0n) is 8.46. The van der Waals surface area contributed by atoms with Crippen LogP contribution in [0.3, 0.4) is 0 Å². The summed E-state index contributed by atoms with van der Waals surface area (Å²) in [5.74, 6) is 0.430. The monoisotopic (exact) mass is 181 g/mol. The number of rotatable bonds is 1. The molecule has 0 spiro atoms. The van der Waals surface area contributed by atoms with Crippen LogP contribution in [0.1, 0.15) is 36.8 Å². The highest BCUT2D eigenvalue weighted by Gasteiger charge is 2.24. The van der Waals surface area contributed by atoms with Crippen LogP contribution in [0.25, 0.3) is 0 Å². The molecule has 0 aliphatic carbocycles. The van der Waals surface area contributed by atoms with E-state index in [1.54, 1.807) is 7.05 Å². The van der Waals surface area contributed by atoms with Gasteiger partial charge in [0.05, 0.1) is 11.3 Å². The smallest absolute Gasteiger partial charge is 0.155 e. The Balaban J connectivity index is 3.38. The molecular formula is C9H15N3O. The molecule has 1 aromatic rings. The molecule has 1 rings (SSSR count). The Morgan fingerprint density at radius 3 is 2.31 bits per heavy atom. The van der Waals surface area contributed by atoms with Gasteiger partial charge in [0.15, 0.2) is 6.29 Å². The number of nitrogens with zero attached hydrogens (tertiary/aromatic N) is 2. The number of nitrogens with two attached hydrogens (primary N) is 1. The molecule has 0 atom stereocenters. The van der Waals surface area contributed by atoms with Gasteiger partial charge in [0.1, 0.15) is 5.82 Å². The molecule has 0 bridgehead atoms. The van der Waals surface area contributed by atoms with Gasteiger partial charge in [-0.2, -0.15) is 5.10 Å². The topological polar surface area (TPSA) is 60.9 Å². The first kappa shape index (κ1) is 9.77. The third kappa shape index (κ3) is 1.56. The van der Waals surface area contributed by atoms with Crippen molar-refractivity contribution >= 4 is 12.1 Å². The maximum absolute atomic E-state index is 10.8. The molecule has 2 N–H and O–H groups in total. The number of aromatic nitrogens is 2. The fourth-order valence-electron chi connectivity index (χ4n) is 1.22. The van der Waals surface area contributed by atoms with E-state index in [0.29, 0.717) is 11.4 Å². The molecule has 0 radical (unpaired) electrons. The van der Waals surface area contributed by atoms with E-state index in [4.69, 9.17) is 5.73 Å². The molecule has 0 saturated heterocycles. The molecule has 0 aliphatic rings. The van der Waals surface area contributed by atoms with Crippen molar-refractivity contribution in [3.8, 4) is 0 Å². The highest BCUT2D eigenvalue weighted by molar-refractivity contribution is 5.84. The SMILES string of the molecule is Cn1nc(C(C)(C)C)c(C=O)c1N. The van der Waals surface area contributed by atoms with Crippen LogP contribution in [-0.4, -0.2) is 16.1 Å². The number of carbonyl (C=O) groups excluding carboxylic acids is 1. The third-order valence-electron chi connectivity index (χ3n) is 1.96. The van der Waals surface area contributed by atoms with Crippen molar-refractivity contribution in [2.24, 2.45) is 7.05 Å². The molecule has 0 aromatic carbocycles. The third-order valence-corrected chi connectivity index (χ3v) is 1.96. The molecule has 1 heterocycles. The van der Waals surface area contributed by atoms with Gasteiger partial charge >= 0.3 is 0 Å². The van der Waals surface area contributed by atoms with Gasteiger partial charge in [-0.25, -0.2) is 0 Å². The Hall–Kier alpha value is -1.32. The van der Waals surface area contributed by atoms with Crippen molar-refractivity contribution in [3.63, 3.8) is 0 Å². The number of aryl methyl sites for hydroxylation is 1. The number of anilines is 1. The zero-order chi connectivity index (χ0) is 10.2. The van der Waals surface area contributed by atoms with Gasteiger partial charge in [0.2, 0.25) is 0 Å². The van der Waals surface area contributed by atoms with Crippen LogP contribution >= 0.6 is 0 Å². The average Bonchev–Trinajstić information content (AvgIpc) is 2.28. The Morgan fingerprint density at radius 2 is 2.00 bits per heavy atom. The second-order valence-corrected chi connectivity index (χ2v) is 4.14. The van der Waals surface area contributed by atoms with Crippen molar-refractivity contribution in [2.75, 3.05) is 5.73 Å². The van der Waals surface area contributed by atoms with Crippen molar-refractivity contribution in [2.45, 2.75) is 26.2 Å². The van der Waals surface area contributed by atoms with Crippen molar-refractivity contribution in [1.29, 1.82) is 0 Å². The van der Waals surface area contributed by atoms with Gasteiger partial charge in [0.25, 0.3) is 0 Å². The summed E-state index contributed by atoms with van der Waals surface area (Å²) in [5, 5.41) is 4.21. The maximum atomic E-state index is 10.8. The summed E-state index contributed by atoms with van der Waals surface area (Å²) in [6, 6.07) is 0. The van der Waals surface area contributed by atoms with E-state index in [2.05, 4.69) is 5.10 Å². The minimum Gasteiger partial charge on any atom is -0.383 e. The van der Waals surface area contributed by atoms with Crippen LogP contribution in [0, 0.1) is 0 Å². The second-order valence-electron chi connectivity index (χ2n) is 4.14. The molecule has 1 aromatic heterocycles. The normalized spacial score (nSPS) is 11.7. The summed E-state index contributed by atoms with van der Waals surface area (Å²) in [6.45, 7) is 6.01. The summed E-state index contributed by atoms with van der Waals surface area (Å²) in [5.41, 5.74) is 6.79. The Morgan fingerprint density at radius 1 is 1.46 bits per heavy atom. The molecule has 4 heteroatoms. The number of aldehydes is 1. The molecule has 13 heavy (non-hydrogen) atoms. The quantitative estimate of drug-likeness (QED) is 0.660.